The predicted octanol–water partition coefficient (Wildman–Crippen LogP) is 3.50. The SMILES string of the molecule is CCOc1cc(CCNC(=O)CCC(=O)O)ccc1OCc1ccc(C)cc1. The van der Waals surface area contributed by atoms with Crippen LogP contribution < -0.4 is 14.8 Å². The van der Waals surface area contributed by atoms with Gasteiger partial charge < -0.3 is 19.9 Å². The summed E-state index contributed by atoms with van der Waals surface area (Å²) in [5.41, 5.74) is 3.30. The van der Waals surface area contributed by atoms with E-state index < -0.39 is 5.97 Å². The first kappa shape index (κ1) is 21.3. The van der Waals surface area contributed by atoms with Gasteiger partial charge in [0.25, 0.3) is 0 Å². The fourth-order valence-corrected chi connectivity index (χ4v) is 2.60. The van der Waals surface area contributed by atoms with Crippen LogP contribution in [0.25, 0.3) is 0 Å². The molecule has 0 radical (unpaired) electrons. The zero-order valence-corrected chi connectivity index (χ0v) is 16.4. The maximum absolute atomic E-state index is 11.6. The molecule has 0 aliphatic heterocycles. The number of carbonyl (C=O) groups excluding carboxylic acids is 1. The van der Waals surface area contributed by atoms with Crippen LogP contribution in [0.4, 0.5) is 0 Å². The fraction of sp³-hybridized carbons (Fsp3) is 0.364. The van der Waals surface area contributed by atoms with Crippen molar-refractivity contribution in [3.05, 3.63) is 59.2 Å². The summed E-state index contributed by atoms with van der Waals surface area (Å²) in [5, 5.41) is 11.3. The van der Waals surface area contributed by atoms with E-state index in [2.05, 4.69) is 17.4 Å². The summed E-state index contributed by atoms with van der Waals surface area (Å²) in [5.74, 6) is 0.115. The summed E-state index contributed by atoms with van der Waals surface area (Å²) in [6.45, 7) is 5.38. The summed E-state index contributed by atoms with van der Waals surface area (Å²) in [4.78, 5) is 22.1. The highest BCUT2D eigenvalue weighted by molar-refractivity contribution is 5.80. The molecule has 0 saturated heterocycles. The van der Waals surface area contributed by atoms with E-state index in [1.165, 1.54) is 5.56 Å². The molecule has 6 heteroatoms. The van der Waals surface area contributed by atoms with Gasteiger partial charge in [-0.1, -0.05) is 35.9 Å². The van der Waals surface area contributed by atoms with Crippen molar-refractivity contribution in [1.29, 1.82) is 0 Å². The molecule has 28 heavy (non-hydrogen) atoms. The van der Waals surface area contributed by atoms with Gasteiger partial charge in [-0.05, 0) is 43.5 Å². The molecule has 0 heterocycles. The highest BCUT2D eigenvalue weighted by Gasteiger charge is 2.09. The molecule has 0 aliphatic carbocycles. The first-order valence-electron chi connectivity index (χ1n) is 9.40. The topological polar surface area (TPSA) is 84.9 Å². The number of carboxylic acids is 1. The van der Waals surface area contributed by atoms with Crippen molar-refractivity contribution in [1.82, 2.24) is 5.32 Å². The average molecular weight is 385 g/mol. The van der Waals surface area contributed by atoms with Crippen LogP contribution in [-0.2, 0) is 22.6 Å². The largest absolute Gasteiger partial charge is 0.490 e. The number of hydrogen-bond donors (Lipinski definition) is 2. The van der Waals surface area contributed by atoms with Gasteiger partial charge in [-0.3, -0.25) is 9.59 Å². The summed E-state index contributed by atoms with van der Waals surface area (Å²) in [6, 6.07) is 13.9. The molecule has 0 aromatic heterocycles. The Bertz CT molecular complexity index is 786. The second-order valence-electron chi connectivity index (χ2n) is 6.48. The van der Waals surface area contributed by atoms with E-state index in [0.29, 0.717) is 37.7 Å². The van der Waals surface area contributed by atoms with E-state index >= 15 is 0 Å². The van der Waals surface area contributed by atoms with Gasteiger partial charge in [-0.2, -0.15) is 0 Å². The van der Waals surface area contributed by atoms with E-state index in [-0.39, 0.29) is 18.7 Å². The van der Waals surface area contributed by atoms with Crippen LogP contribution in [0.2, 0.25) is 0 Å². The van der Waals surface area contributed by atoms with Gasteiger partial charge in [0.15, 0.2) is 11.5 Å². The lowest BCUT2D eigenvalue weighted by molar-refractivity contribution is -0.138. The van der Waals surface area contributed by atoms with E-state index in [0.717, 1.165) is 11.1 Å². The summed E-state index contributed by atoms with van der Waals surface area (Å²) < 4.78 is 11.6. The lowest BCUT2D eigenvalue weighted by Gasteiger charge is -2.14. The van der Waals surface area contributed by atoms with Crippen LogP contribution >= 0.6 is 0 Å². The molecule has 2 aromatic carbocycles. The van der Waals surface area contributed by atoms with Crippen molar-refractivity contribution in [2.75, 3.05) is 13.2 Å². The van der Waals surface area contributed by atoms with Crippen LogP contribution in [0.15, 0.2) is 42.5 Å². The first-order chi connectivity index (χ1) is 13.5. The Morgan fingerprint density at radius 3 is 2.36 bits per heavy atom. The zero-order valence-electron chi connectivity index (χ0n) is 16.4. The van der Waals surface area contributed by atoms with Gasteiger partial charge in [0.2, 0.25) is 5.91 Å². The van der Waals surface area contributed by atoms with E-state index in [1.54, 1.807) is 0 Å². The molecule has 0 saturated carbocycles. The number of ether oxygens (including phenoxy) is 2. The average Bonchev–Trinajstić information content (AvgIpc) is 2.67. The number of aliphatic carboxylic acids is 1. The normalized spacial score (nSPS) is 10.4. The molecule has 0 spiro atoms. The molecule has 2 N–H and O–H groups in total. The minimum atomic E-state index is -0.974. The van der Waals surface area contributed by atoms with Gasteiger partial charge in [0.05, 0.1) is 13.0 Å². The third-order valence-electron chi connectivity index (χ3n) is 4.12. The molecule has 0 aliphatic rings. The molecule has 0 fully saturated rings. The Hall–Kier alpha value is -3.02. The van der Waals surface area contributed by atoms with Crippen molar-refractivity contribution in [2.24, 2.45) is 0 Å². The molecule has 6 nitrogen and oxygen atoms in total. The van der Waals surface area contributed by atoms with Gasteiger partial charge in [0.1, 0.15) is 6.61 Å². The standard InChI is InChI=1S/C22H27NO5/c1-3-27-20-14-17(12-13-23-21(24)10-11-22(25)26)8-9-19(20)28-15-18-6-4-16(2)5-7-18/h4-9,14H,3,10-13,15H2,1-2H3,(H,23,24)(H,25,26). The van der Waals surface area contributed by atoms with Crippen LogP contribution in [-0.4, -0.2) is 30.1 Å². The maximum atomic E-state index is 11.6. The van der Waals surface area contributed by atoms with E-state index in [9.17, 15) is 9.59 Å². The van der Waals surface area contributed by atoms with Crippen molar-refractivity contribution < 1.29 is 24.2 Å². The highest BCUT2D eigenvalue weighted by atomic mass is 16.5. The van der Waals surface area contributed by atoms with Crippen LogP contribution in [0, 0.1) is 6.92 Å². The Labute approximate surface area is 165 Å². The minimum Gasteiger partial charge on any atom is -0.490 e. The van der Waals surface area contributed by atoms with E-state index in [4.69, 9.17) is 14.6 Å². The van der Waals surface area contributed by atoms with Crippen molar-refractivity contribution in [2.45, 2.75) is 39.7 Å². The van der Waals surface area contributed by atoms with Crippen LogP contribution in [0.3, 0.4) is 0 Å². The molecular weight excluding hydrogens is 358 g/mol. The quantitative estimate of drug-likeness (QED) is 0.618. The Morgan fingerprint density at radius 1 is 0.964 bits per heavy atom. The molecule has 2 aromatic rings. The van der Waals surface area contributed by atoms with Gasteiger partial charge in [-0.25, -0.2) is 0 Å². The third kappa shape index (κ3) is 7.31. The Kier molecular flexibility index (Phi) is 8.34. The van der Waals surface area contributed by atoms with Crippen LogP contribution in [0.1, 0.15) is 36.5 Å². The summed E-state index contributed by atoms with van der Waals surface area (Å²) >= 11 is 0. The smallest absolute Gasteiger partial charge is 0.303 e. The van der Waals surface area contributed by atoms with Crippen molar-refractivity contribution >= 4 is 11.9 Å². The molecular formula is C22H27NO5. The monoisotopic (exact) mass is 385 g/mol. The Balaban J connectivity index is 1.91. The molecule has 0 unspecified atom stereocenters. The van der Waals surface area contributed by atoms with Crippen molar-refractivity contribution in [3.8, 4) is 11.5 Å². The number of carboxylic acid groups (broad SMARTS) is 1. The predicted molar refractivity (Wildman–Crippen MR) is 107 cm³/mol. The maximum Gasteiger partial charge on any atom is 0.303 e. The number of amides is 1. The number of hydrogen-bond acceptors (Lipinski definition) is 4. The summed E-state index contributed by atoms with van der Waals surface area (Å²) in [6.07, 6.45) is 0.454. The zero-order chi connectivity index (χ0) is 20.4. The second-order valence-corrected chi connectivity index (χ2v) is 6.48. The molecule has 2 rings (SSSR count). The number of nitrogens with one attached hydrogen (secondary N) is 1. The van der Waals surface area contributed by atoms with Gasteiger partial charge in [0, 0.05) is 13.0 Å². The molecule has 0 atom stereocenters. The first-order valence-corrected chi connectivity index (χ1v) is 9.40. The third-order valence-corrected chi connectivity index (χ3v) is 4.12. The number of benzene rings is 2. The van der Waals surface area contributed by atoms with Gasteiger partial charge >= 0.3 is 5.97 Å². The molecule has 0 bridgehead atoms. The number of aryl methyl sites for hydroxylation is 1. The molecule has 150 valence electrons. The number of rotatable bonds is 11. The van der Waals surface area contributed by atoms with Crippen LogP contribution in [0.5, 0.6) is 11.5 Å². The minimum absolute atomic E-state index is 0.00861. The summed E-state index contributed by atoms with van der Waals surface area (Å²) in [7, 11) is 0. The number of carbonyl (C=O) groups is 2. The lowest BCUT2D eigenvalue weighted by Crippen LogP contribution is -2.26. The second kappa shape index (κ2) is 11.0. The fourth-order valence-electron chi connectivity index (χ4n) is 2.60. The Morgan fingerprint density at radius 2 is 1.68 bits per heavy atom. The highest BCUT2D eigenvalue weighted by Crippen LogP contribution is 2.29. The van der Waals surface area contributed by atoms with Crippen molar-refractivity contribution in [3.63, 3.8) is 0 Å². The van der Waals surface area contributed by atoms with Gasteiger partial charge in [-0.15, -0.1) is 0 Å². The molecule has 1 amide bonds. The van der Waals surface area contributed by atoms with E-state index in [1.807, 2.05) is 44.2 Å². The lowest BCUT2D eigenvalue weighted by atomic mass is 10.1.